The summed E-state index contributed by atoms with van der Waals surface area (Å²) in [4.78, 5) is 12.1. The van der Waals surface area contributed by atoms with Crippen LogP contribution in [0.5, 0.6) is 5.75 Å². The van der Waals surface area contributed by atoms with Crippen LogP contribution in [-0.4, -0.2) is 29.6 Å². The van der Waals surface area contributed by atoms with Gasteiger partial charge in [-0.05, 0) is 59.6 Å². The van der Waals surface area contributed by atoms with Crippen molar-refractivity contribution < 1.29 is 9.53 Å². The van der Waals surface area contributed by atoms with Crippen molar-refractivity contribution in [1.29, 1.82) is 0 Å². The maximum atomic E-state index is 12.1. The Kier molecular flexibility index (Phi) is 4.81. The average molecular weight is 304 g/mol. The quantitative estimate of drug-likeness (QED) is 0.899. The minimum atomic E-state index is -0.0564. The number of piperidine rings is 1. The van der Waals surface area contributed by atoms with Crippen LogP contribution in [0.1, 0.15) is 46.1 Å². The molecule has 1 aliphatic rings. The van der Waals surface area contributed by atoms with Gasteiger partial charge in [-0.2, -0.15) is 0 Å². The Hall–Kier alpha value is -1.55. The summed E-state index contributed by atoms with van der Waals surface area (Å²) in [5.41, 5.74) is 1.23. The van der Waals surface area contributed by atoms with Crippen molar-refractivity contribution in [3.05, 3.63) is 29.8 Å². The monoisotopic (exact) mass is 304 g/mol. The second-order valence-corrected chi connectivity index (χ2v) is 7.67. The molecule has 4 nitrogen and oxygen atoms in total. The smallest absolute Gasteiger partial charge is 0.258 e. The second kappa shape index (κ2) is 6.29. The van der Waals surface area contributed by atoms with E-state index in [4.69, 9.17) is 4.74 Å². The molecular weight excluding hydrogens is 276 g/mol. The molecule has 4 heteroatoms. The van der Waals surface area contributed by atoms with E-state index in [1.807, 2.05) is 31.2 Å². The van der Waals surface area contributed by atoms with Crippen LogP contribution in [0.3, 0.4) is 0 Å². The van der Waals surface area contributed by atoms with Crippen LogP contribution in [0.2, 0.25) is 0 Å². The third kappa shape index (κ3) is 5.02. The molecule has 0 spiro atoms. The standard InChI is InChI=1S/C18H28N2O2/c1-13-6-8-15(9-7-13)22-12-16(21)19-14-10-17(2,3)20-18(4,5)11-14/h6-9,14,20H,10-12H2,1-5H3,(H,19,21). The molecule has 0 aliphatic carbocycles. The lowest BCUT2D eigenvalue weighted by Gasteiger charge is -2.46. The molecule has 0 atom stereocenters. The predicted molar refractivity (Wildman–Crippen MR) is 89.1 cm³/mol. The van der Waals surface area contributed by atoms with Crippen molar-refractivity contribution in [3.63, 3.8) is 0 Å². The van der Waals surface area contributed by atoms with E-state index in [-0.39, 0.29) is 29.6 Å². The fourth-order valence-corrected chi connectivity index (χ4v) is 3.48. The largest absolute Gasteiger partial charge is 0.484 e. The molecule has 22 heavy (non-hydrogen) atoms. The van der Waals surface area contributed by atoms with Crippen molar-refractivity contribution in [1.82, 2.24) is 10.6 Å². The van der Waals surface area contributed by atoms with Gasteiger partial charge < -0.3 is 15.4 Å². The van der Waals surface area contributed by atoms with Crippen LogP contribution < -0.4 is 15.4 Å². The molecule has 1 aromatic carbocycles. The molecule has 0 aromatic heterocycles. The highest BCUT2D eigenvalue weighted by atomic mass is 16.5. The zero-order chi connectivity index (χ0) is 16.4. The van der Waals surface area contributed by atoms with Gasteiger partial charge in [0.2, 0.25) is 0 Å². The summed E-state index contributed by atoms with van der Waals surface area (Å²) < 4.78 is 5.54. The van der Waals surface area contributed by atoms with Crippen molar-refractivity contribution >= 4 is 5.91 Å². The van der Waals surface area contributed by atoms with Crippen molar-refractivity contribution in [2.45, 2.75) is 64.6 Å². The zero-order valence-corrected chi connectivity index (χ0v) is 14.3. The van der Waals surface area contributed by atoms with E-state index in [1.54, 1.807) is 0 Å². The van der Waals surface area contributed by atoms with Gasteiger partial charge in [-0.25, -0.2) is 0 Å². The fourth-order valence-electron chi connectivity index (χ4n) is 3.48. The number of amides is 1. The molecular formula is C18H28N2O2. The molecule has 122 valence electrons. The van der Waals surface area contributed by atoms with Crippen molar-refractivity contribution in [2.24, 2.45) is 0 Å². The molecule has 1 fully saturated rings. The Labute approximate surface area is 133 Å². The topological polar surface area (TPSA) is 50.4 Å². The first-order valence-electron chi connectivity index (χ1n) is 7.93. The van der Waals surface area contributed by atoms with Crippen LogP contribution in [0.25, 0.3) is 0 Å². The number of carbonyl (C=O) groups excluding carboxylic acids is 1. The lowest BCUT2D eigenvalue weighted by molar-refractivity contribution is -0.124. The third-order valence-corrected chi connectivity index (χ3v) is 3.95. The number of ether oxygens (including phenoxy) is 1. The van der Waals surface area contributed by atoms with E-state index >= 15 is 0 Å². The minimum absolute atomic E-state index is 0.0253. The van der Waals surface area contributed by atoms with E-state index in [1.165, 1.54) is 5.56 Å². The van der Waals surface area contributed by atoms with Gasteiger partial charge in [-0.15, -0.1) is 0 Å². The minimum Gasteiger partial charge on any atom is -0.484 e. The number of carbonyl (C=O) groups is 1. The molecule has 2 rings (SSSR count). The molecule has 0 unspecified atom stereocenters. The molecule has 0 saturated carbocycles. The van der Waals surface area contributed by atoms with Crippen molar-refractivity contribution in [3.8, 4) is 5.75 Å². The van der Waals surface area contributed by atoms with Gasteiger partial charge in [0.1, 0.15) is 5.75 Å². The van der Waals surface area contributed by atoms with Crippen LogP contribution in [-0.2, 0) is 4.79 Å². The Balaban J connectivity index is 1.85. The number of rotatable bonds is 4. The van der Waals surface area contributed by atoms with Gasteiger partial charge in [0, 0.05) is 17.1 Å². The highest BCUT2D eigenvalue weighted by Gasteiger charge is 2.38. The lowest BCUT2D eigenvalue weighted by Crippen LogP contribution is -2.62. The fraction of sp³-hybridized carbons (Fsp3) is 0.611. The van der Waals surface area contributed by atoms with Crippen LogP contribution in [0.15, 0.2) is 24.3 Å². The summed E-state index contributed by atoms with van der Waals surface area (Å²) in [5.74, 6) is 0.672. The van der Waals surface area contributed by atoms with Crippen LogP contribution in [0, 0.1) is 6.92 Å². The Morgan fingerprint density at radius 1 is 1.18 bits per heavy atom. The summed E-state index contributed by atoms with van der Waals surface area (Å²) in [6.45, 7) is 10.8. The summed E-state index contributed by atoms with van der Waals surface area (Å²) >= 11 is 0. The Morgan fingerprint density at radius 3 is 2.27 bits per heavy atom. The number of hydrogen-bond acceptors (Lipinski definition) is 3. The molecule has 1 aromatic rings. The lowest BCUT2D eigenvalue weighted by atomic mass is 9.79. The number of nitrogens with one attached hydrogen (secondary N) is 2. The zero-order valence-electron chi connectivity index (χ0n) is 14.3. The predicted octanol–water partition coefficient (Wildman–Crippen LogP) is 2.80. The highest BCUT2D eigenvalue weighted by Crippen LogP contribution is 2.28. The van der Waals surface area contributed by atoms with Crippen LogP contribution in [0.4, 0.5) is 0 Å². The second-order valence-electron chi connectivity index (χ2n) is 7.67. The molecule has 0 radical (unpaired) electrons. The Morgan fingerprint density at radius 2 is 1.73 bits per heavy atom. The third-order valence-electron chi connectivity index (χ3n) is 3.95. The van der Waals surface area contributed by atoms with E-state index < -0.39 is 0 Å². The molecule has 2 N–H and O–H groups in total. The number of hydrogen-bond donors (Lipinski definition) is 2. The van der Waals surface area contributed by atoms with E-state index in [2.05, 4.69) is 38.3 Å². The first-order valence-corrected chi connectivity index (χ1v) is 7.93. The van der Waals surface area contributed by atoms with Gasteiger partial charge in [0.25, 0.3) is 5.91 Å². The summed E-state index contributed by atoms with van der Waals surface area (Å²) in [7, 11) is 0. The van der Waals surface area contributed by atoms with Crippen LogP contribution >= 0.6 is 0 Å². The maximum Gasteiger partial charge on any atom is 0.258 e. The molecule has 1 aliphatic heterocycles. The van der Waals surface area contributed by atoms with Crippen molar-refractivity contribution in [2.75, 3.05) is 6.61 Å². The van der Waals surface area contributed by atoms with Gasteiger partial charge >= 0.3 is 0 Å². The van der Waals surface area contributed by atoms with Gasteiger partial charge in [-0.3, -0.25) is 4.79 Å². The molecule has 1 heterocycles. The number of aryl methyl sites for hydroxylation is 1. The molecule has 0 bridgehead atoms. The van der Waals surface area contributed by atoms with Gasteiger partial charge in [0.15, 0.2) is 6.61 Å². The molecule has 1 amide bonds. The average Bonchev–Trinajstić information content (AvgIpc) is 2.34. The maximum absolute atomic E-state index is 12.1. The van der Waals surface area contributed by atoms with Gasteiger partial charge in [0.05, 0.1) is 0 Å². The normalized spacial score (nSPS) is 20.4. The van der Waals surface area contributed by atoms with E-state index in [9.17, 15) is 4.79 Å². The van der Waals surface area contributed by atoms with Gasteiger partial charge in [-0.1, -0.05) is 17.7 Å². The molecule has 1 saturated heterocycles. The first-order chi connectivity index (χ1) is 10.2. The SMILES string of the molecule is Cc1ccc(OCC(=O)NC2CC(C)(C)NC(C)(C)C2)cc1. The van der Waals surface area contributed by atoms with E-state index in [0.29, 0.717) is 0 Å². The number of benzene rings is 1. The summed E-state index contributed by atoms with van der Waals surface area (Å²) in [6.07, 6.45) is 1.85. The highest BCUT2D eigenvalue weighted by molar-refractivity contribution is 5.77. The first kappa shape index (κ1) is 16.8. The summed E-state index contributed by atoms with van der Waals surface area (Å²) in [6, 6.07) is 7.91. The van der Waals surface area contributed by atoms with E-state index in [0.717, 1.165) is 18.6 Å². The summed E-state index contributed by atoms with van der Waals surface area (Å²) in [5, 5.41) is 6.72. The Bertz CT molecular complexity index is 504.